The van der Waals surface area contributed by atoms with E-state index in [1.54, 1.807) is 12.1 Å². The molecule has 0 aliphatic rings. The van der Waals surface area contributed by atoms with Crippen molar-refractivity contribution in [1.29, 1.82) is 0 Å². The third-order valence-electron chi connectivity index (χ3n) is 2.41. The van der Waals surface area contributed by atoms with Crippen LogP contribution >= 0.6 is 0 Å². The van der Waals surface area contributed by atoms with Gasteiger partial charge in [0.1, 0.15) is 0 Å². The molecule has 0 saturated carbocycles. The molecule has 1 aromatic rings. The summed E-state index contributed by atoms with van der Waals surface area (Å²) in [5.74, 6) is -0.273. The van der Waals surface area contributed by atoms with Crippen molar-refractivity contribution in [2.45, 2.75) is 24.2 Å². The molecule has 0 spiro atoms. The van der Waals surface area contributed by atoms with Crippen LogP contribution in [0, 0.1) is 6.42 Å². The van der Waals surface area contributed by atoms with E-state index in [0.29, 0.717) is 19.3 Å². The molecule has 0 saturated heterocycles. The van der Waals surface area contributed by atoms with Gasteiger partial charge in [-0.2, -0.15) is 16.8 Å². The Balaban J connectivity index is 2.39. The predicted molar refractivity (Wildman–Crippen MR) is 69.9 cm³/mol. The molecule has 0 amide bonds. The standard InChI is InChI=1S/C11H15O6S2/c12-18(13,14)9-3-1-2-4-10-5-7-11(8-6-10)19(15,16)17/h2,5-8H,1,3-4,9H2,(H,12,13,14)(H,15,16,17). The third-order valence-corrected chi connectivity index (χ3v) is 4.08. The fourth-order valence-corrected chi connectivity index (χ4v) is 2.49. The first kappa shape index (κ1) is 16.1. The van der Waals surface area contributed by atoms with E-state index in [1.165, 1.54) is 12.1 Å². The molecule has 0 bridgehead atoms. The quantitative estimate of drug-likeness (QED) is 0.581. The fourth-order valence-electron chi connectivity index (χ4n) is 1.48. The molecule has 1 aromatic carbocycles. The van der Waals surface area contributed by atoms with E-state index in [4.69, 9.17) is 9.11 Å². The van der Waals surface area contributed by atoms with Crippen molar-refractivity contribution in [3.8, 4) is 0 Å². The summed E-state index contributed by atoms with van der Waals surface area (Å²) < 4.78 is 59.8. The lowest BCUT2D eigenvalue weighted by Crippen LogP contribution is -2.03. The Morgan fingerprint density at radius 1 is 1.00 bits per heavy atom. The summed E-state index contributed by atoms with van der Waals surface area (Å²) >= 11 is 0. The Bertz CT molecular complexity index is 601. The number of benzene rings is 1. The Morgan fingerprint density at radius 2 is 1.58 bits per heavy atom. The molecule has 0 aliphatic heterocycles. The molecule has 6 nitrogen and oxygen atoms in total. The average Bonchev–Trinajstić information content (AvgIpc) is 2.26. The molecule has 1 rings (SSSR count). The summed E-state index contributed by atoms with van der Waals surface area (Å²) in [6, 6.07) is 5.75. The van der Waals surface area contributed by atoms with Gasteiger partial charge in [-0.1, -0.05) is 12.1 Å². The van der Waals surface area contributed by atoms with E-state index in [0.717, 1.165) is 5.56 Å². The van der Waals surface area contributed by atoms with Crippen LogP contribution in [0.15, 0.2) is 29.2 Å². The van der Waals surface area contributed by atoms with Crippen molar-refractivity contribution in [3.63, 3.8) is 0 Å². The normalized spacial score (nSPS) is 12.5. The van der Waals surface area contributed by atoms with Gasteiger partial charge in [-0.05, 0) is 43.4 Å². The molecule has 19 heavy (non-hydrogen) atoms. The number of hydrogen-bond donors (Lipinski definition) is 2. The molecule has 8 heteroatoms. The zero-order valence-corrected chi connectivity index (χ0v) is 11.7. The maximum absolute atomic E-state index is 10.8. The molecule has 1 radical (unpaired) electrons. The summed E-state index contributed by atoms with van der Waals surface area (Å²) in [6.45, 7) is 0. The summed E-state index contributed by atoms with van der Waals surface area (Å²) in [5.41, 5.74) is 0.847. The van der Waals surface area contributed by atoms with Crippen molar-refractivity contribution >= 4 is 20.2 Å². The molecule has 2 N–H and O–H groups in total. The molecule has 0 fully saturated rings. The van der Waals surface area contributed by atoms with Crippen molar-refractivity contribution in [2.75, 3.05) is 5.75 Å². The summed E-state index contributed by atoms with van der Waals surface area (Å²) in [5, 5.41) is 0. The third kappa shape index (κ3) is 6.67. The second-order valence-electron chi connectivity index (χ2n) is 4.04. The molecule has 0 atom stereocenters. The van der Waals surface area contributed by atoms with Gasteiger partial charge in [0.2, 0.25) is 0 Å². The molecule has 107 valence electrons. The monoisotopic (exact) mass is 307 g/mol. The first-order valence-electron chi connectivity index (χ1n) is 5.52. The van der Waals surface area contributed by atoms with Crippen LogP contribution in [0.1, 0.15) is 18.4 Å². The van der Waals surface area contributed by atoms with Gasteiger partial charge in [0.05, 0.1) is 10.6 Å². The van der Waals surface area contributed by atoms with E-state index in [9.17, 15) is 16.8 Å². The van der Waals surface area contributed by atoms with Crippen molar-refractivity contribution < 1.29 is 25.9 Å². The highest BCUT2D eigenvalue weighted by molar-refractivity contribution is 7.86. The lowest BCUT2D eigenvalue weighted by Gasteiger charge is -2.02. The van der Waals surface area contributed by atoms with Gasteiger partial charge in [0, 0.05) is 0 Å². The second-order valence-corrected chi connectivity index (χ2v) is 7.03. The number of rotatable bonds is 7. The lowest BCUT2D eigenvalue weighted by molar-refractivity contribution is 0.479. The van der Waals surface area contributed by atoms with Crippen molar-refractivity contribution in [2.24, 2.45) is 0 Å². The fraction of sp³-hybridized carbons (Fsp3) is 0.364. The van der Waals surface area contributed by atoms with Crippen molar-refractivity contribution in [3.05, 3.63) is 36.2 Å². The highest BCUT2D eigenvalue weighted by atomic mass is 32.2. The smallest absolute Gasteiger partial charge is 0.286 e. The number of unbranched alkanes of at least 4 members (excludes halogenated alkanes) is 2. The van der Waals surface area contributed by atoms with Crippen LogP contribution in [0.3, 0.4) is 0 Å². The molecule has 0 aliphatic carbocycles. The molecule has 0 aromatic heterocycles. The van der Waals surface area contributed by atoms with Crippen LogP contribution in [0.4, 0.5) is 0 Å². The van der Waals surface area contributed by atoms with E-state index in [2.05, 4.69) is 0 Å². The van der Waals surface area contributed by atoms with Crippen LogP contribution in [0.5, 0.6) is 0 Å². The van der Waals surface area contributed by atoms with E-state index >= 15 is 0 Å². The summed E-state index contributed by atoms with van der Waals surface area (Å²) in [6.07, 6.45) is 3.26. The van der Waals surface area contributed by atoms with Crippen LogP contribution in [0.2, 0.25) is 0 Å². The van der Waals surface area contributed by atoms with Gasteiger partial charge in [-0.15, -0.1) is 0 Å². The zero-order chi connectivity index (χ0) is 14.5. The highest BCUT2D eigenvalue weighted by Crippen LogP contribution is 2.12. The largest absolute Gasteiger partial charge is 0.294 e. The van der Waals surface area contributed by atoms with Crippen LogP contribution in [-0.4, -0.2) is 31.7 Å². The maximum atomic E-state index is 10.8. The van der Waals surface area contributed by atoms with Gasteiger partial charge in [0.25, 0.3) is 20.2 Å². The van der Waals surface area contributed by atoms with Gasteiger partial charge in [-0.3, -0.25) is 9.11 Å². The van der Waals surface area contributed by atoms with Gasteiger partial charge >= 0.3 is 0 Å². The molecule has 0 unspecified atom stereocenters. The van der Waals surface area contributed by atoms with E-state index in [-0.39, 0.29) is 10.6 Å². The van der Waals surface area contributed by atoms with Gasteiger partial charge in [0.15, 0.2) is 0 Å². The minimum absolute atomic E-state index is 0.164. The van der Waals surface area contributed by atoms with Gasteiger partial charge in [-0.25, -0.2) is 0 Å². The topological polar surface area (TPSA) is 109 Å². The lowest BCUT2D eigenvalue weighted by atomic mass is 10.1. The molecule has 0 heterocycles. The molecular weight excluding hydrogens is 292 g/mol. The Hall–Kier alpha value is -0.960. The van der Waals surface area contributed by atoms with Crippen LogP contribution in [-0.2, 0) is 26.7 Å². The predicted octanol–water partition coefficient (Wildman–Crippen LogP) is 1.35. The summed E-state index contributed by atoms with van der Waals surface area (Å²) in [7, 11) is -8.08. The van der Waals surface area contributed by atoms with Crippen LogP contribution in [0.25, 0.3) is 0 Å². The Labute approximate surface area is 113 Å². The molecular formula is C11H15O6S2. The zero-order valence-electron chi connectivity index (χ0n) is 10.1. The minimum atomic E-state index is -4.17. The Kier molecular flexibility index (Phi) is 5.48. The SMILES string of the molecule is O=S(=O)(O)CCC[CH]Cc1ccc(S(=O)(=O)O)cc1. The van der Waals surface area contributed by atoms with E-state index < -0.39 is 20.2 Å². The first-order chi connectivity index (χ1) is 8.68. The summed E-state index contributed by atoms with van der Waals surface area (Å²) in [4.78, 5) is -0.164. The van der Waals surface area contributed by atoms with E-state index in [1.807, 2.05) is 6.42 Å². The average molecular weight is 307 g/mol. The van der Waals surface area contributed by atoms with Gasteiger partial charge < -0.3 is 0 Å². The number of hydrogen-bond acceptors (Lipinski definition) is 4. The Morgan fingerprint density at radius 3 is 2.05 bits per heavy atom. The van der Waals surface area contributed by atoms with Crippen molar-refractivity contribution in [1.82, 2.24) is 0 Å². The first-order valence-corrected chi connectivity index (χ1v) is 8.57. The second kappa shape index (κ2) is 6.47. The highest BCUT2D eigenvalue weighted by Gasteiger charge is 2.08. The van der Waals surface area contributed by atoms with Crippen LogP contribution < -0.4 is 0 Å². The maximum Gasteiger partial charge on any atom is 0.294 e. The minimum Gasteiger partial charge on any atom is -0.286 e.